The Balaban J connectivity index is 2.02. The maximum Gasteiger partial charge on any atom is 0.106 e. The Labute approximate surface area is 96.3 Å². The predicted octanol–water partition coefficient (Wildman–Crippen LogP) is 4.56. The standard InChI is InChI=1S/C14H18O2/c1-3-12(14-7-5-9-16-14)10-11(2)13-6-4-8-15-13/h4-9,11-12H,3,10H2,1-2H3. The van der Waals surface area contributed by atoms with Crippen LogP contribution in [0.2, 0.25) is 0 Å². The first-order chi connectivity index (χ1) is 7.81. The van der Waals surface area contributed by atoms with E-state index < -0.39 is 0 Å². The molecule has 0 aliphatic heterocycles. The summed E-state index contributed by atoms with van der Waals surface area (Å²) in [5.74, 6) is 3.06. The number of rotatable bonds is 5. The van der Waals surface area contributed by atoms with Gasteiger partial charge in [-0.1, -0.05) is 13.8 Å². The van der Waals surface area contributed by atoms with Crippen molar-refractivity contribution in [2.75, 3.05) is 0 Å². The summed E-state index contributed by atoms with van der Waals surface area (Å²) in [6.07, 6.45) is 5.64. The summed E-state index contributed by atoms with van der Waals surface area (Å²) in [4.78, 5) is 0. The second-order valence-corrected chi connectivity index (χ2v) is 4.27. The van der Waals surface area contributed by atoms with Gasteiger partial charge in [-0.25, -0.2) is 0 Å². The van der Waals surface area contributed by atoms with Crippen LogP contribution in [0.3, 0.4) is 0 Å². The lowest BCUT2D eigenvalue weighted by Crippen LogP contribution is -2.02. The lowest BCUT2D eigenvalue weighted by molar-refractivity contribution is 0.393. The molecule has 0 amide bonds. The second-order valence-electron chi connectivity index (χ2n) is 4.27. The first kappa shape index (κ1) is 11.1. The first-order valence-electron chi connectivity index (χ1n) is 5.88. The molecule has 16 heavy (non-hydrogen) atoms. The largest absolute Gasteiger partial charge is 0.469 e. The van der Waals surface area contributed by atoms with Gasteiger partial charge >= 0.3 is 0 Å². The highest BCUT2D eigenvalue weighted by atomic mass is 16.3. The van der Waals surface area contributed by atoms with Crippen LogP contribution in [0.4, 0.5) is 0 Å². The van der Waals surface area contributed by atoms with Gasteiger partial charge in [-0.3, -0.25) is 0 Å². The van der Waals surface area contributed by atoms with Crippen molar-refractivity contribution < 1.29 is 8.83 Å². The second kappa shape index (κ2) is 5.06. The Morgan fingerprint density at radius 3 is 2.19 bits per heavy atom. The van der Waals surface area contributed by atoms with Gasteiger partial charge in [0, 0.05) is 11.8 Å². The minimum absolute atomic E-state index is 0.435. The summed E-state index contributed by atoms with van der Waals surface area (Å²) >= 11 is 0. The van der Waals surface area contributed by atoms with E-state index in [0.717, 1.165) is 24.4 Å². The van der Waals surface area contributed by atoms with Crippen LogP contribution in [0.5, 0.6) is 0 Å². The molecule has 2 nitrogen and oxygen atoms in total. The minimum atomic E-state index is 0.435. The third-order valence-corrected chi connectivity index (χ3v) is 3.11. The molecule has 86 valence electrons. The topological polar surface area (TPSA) is 26.3 Å². The summed E-state index contributed by atoms with van der Waals surface area (Å²) in [5.41, 5.74) is 0. The van der Waals surface area contributed by atoms with Crippen molar-refractivity contribution in [1.82, 2.24) is 0 Å². The molecule has 0 aliphatic rings. The fourth-order valence-electron chi connectivity index (χ4n) is 2.12. The summed E-state index contributed by atoms with van der Waals surface area (Å²) in [7, 11) is 0. The van der Waals surface area contributed by atoms with E-state index in [4.69, 9.17) is 8.83 Å². The van der Waals surface area contributed by atoms with Gasteiger partial charge in [-0.05, 0) is 37.1 Å². The average Bonchev–Trinajstić information content (AvgIpc) is 2.96. The van der Waals surface area contributed by atoms with Crippen molar-refractivity contribution in [3.63, 3.8) is 0 Å². The molecule has 2 unspecified atom stereocenters. The van der Waals surface area contributed by atoms with E-state index in [1.165, 1.54) is 0 Å². The summed E-state index contributed by atoms with van der Waals surface area (Å²) in [6.45, 7) is 4.40. The minimum Gasteiger partial charge on any atom is -0.469 e. The third kappa shape index (κ3) is 2.38. The Hall–Kier alpha value is -1.44. The molecule has 2 heterocycles. The van der Waals surface area contributed by atoms with Crippen molar-refractivity contribution in [3.05, 3.63) is 48.3 Å². The summed E-state index contributed by atoms with van der Waals surface area (Å²) in [6, 6.07) is 8.00. The van der Waals surface area contributed by atoms with Crippen LogP contribution in [-0.2, 0) is 0 Å². The molecule has 0 aliphatic carbocycles. The molecule has 2 rings (SSSR count). The zero-order valence-corrected chi connectivity index (χ0v) is 9.85. The van der Waals surface area contributed by atoms with Crippen molar-refractivity contribution in [1.29, 1.82) is 0 Å². The molecular weight excluding hydrogens is 200 g/mol. The van der Waals surface area contributed by atoms with Crippen LogP contribution >= 0.6 is 0 Å². The van der Waals surface area contributed by atoms with Crippen molar-refractivity contribution in [3.8, 4) is 0 Å². The Morgan fingerprint density at radius 2 is 1.69 bits per heavy atom. The maximum atomic E-state index is 5.47. The summed E-state index contributed by atoms with van der Waals surface area (Å²) < 4.78 is 10.9. The van der Waals surface area contributed by atoms with Crippen LogP contribution in [-0.4, -0.2) is 0 Å². The Morgan fingerprint density at radius 1 is 1.06 bits per heavy atom. The molecular formula is C14H18O2. The summed E-state index contributed by atoms with van der Waals surface area (Å²) in [5, 5.41) is 0. The van der Waals surface area contributed by atoms with E-state index >= 15 is 0 Å². The molecule has 2 aromatic rings. The molecule has 0 saturated heterocycles. The Bertz CT molecular complexity index is 386. The monoisotopic (exact) mass is 218 g/mol. The zero-order valence-electron chi connectivity index (χ0n) is 9.85. The van der Waals surface area contributed by atoms with Gasteiger partial charge in [-0.15, -0.1) is 0 Å². The van der Waals surface area contributed by atoms with E-state index in [1.807, 2.05) is 18.2 Å². The van der Waals surface area contributed by atoms with Crippen molar-refractivity contribution in [2.24, 2.45) is 0 Å². The fraction of sp³-hybridized carbons (Fsp3) is 0.429. The van der Waals surface area contributed by atoms with E-state index in [-0.39, 0.29) is 0 Å². The molecule has 0 spiro atoms. The normalized spacial score (nSPS) is 14.9. The number of furan rings is 2. The molecule has 2 heteroatoms. The highest BCUT2D eigenvalue weighted by Gasteiger charge is 2.18. The maximum absolute atomic E-state index is 5.47. The molecule has 0 bridgehead atoms. The molecule has 0 saturated carbocycles. The van der Waals surface area contributed by atoms with Gasteiger partial charge in [0.15, 0.2) is 0 Å². The van der Waals surface area contributed by atoms with Crippen LogP contribution in [0.25, 0.3) is 0 Å². The third-order valence-electron chi connectivity index (χ3n) is 3.11. The highest BCUT2D eigenvalue weighted by molar-refractivity contribution is 5.09. The zero-order chi connectivity index (χ0) is 11.4. The molecule has 0 radical (unpaired) electrons. The van der Waals surface area contributed by atoms with Crippen molar-refractivity contribution in [2.45, 2.75) is 38.5 Å². The van der Waals surface area contributed by atoms with Gasteiger partial charge in [0.1, 0.15) is 11.5 Å². The van der Waals surface area contributed by atoms with Gasteiger partial charge in [0.25, 0.3) is 0 Å². The van der Waals surface area contributed by atoms with Crippen LogP contribution in [0.15, 0.2) is 45.6 Å². The fourth-order valence-corrected chi connectivity index (χ4v) is 2.12. The van der Waals surface area contributed by atoms with Crippen LogP contribution < -0.4 is 0 Å². The smallest absolute Gasteiger partial charge is 0.106 e. The van der Waals surface area contributed by atoms with Gasteiger partial charge < -0.3 is 8.83 Å². The van der Waals surface area contributed by atoms with E-state index in [2.05, 4.69) is 19.9 Å². The van der Waals surface area contributed by atoms with E-state index in [1.54, 1.807) is 12.5 Å². The number of hydrogen-bond acceptors (Lipinski definition) is 2. The van der Waals surface area contributed by atoms with Gasteiger partial charge in [0.05, 0.1) is 12.5 Å². The quantitative estimate of drug-likeness (QED) is 0.735. The van der Waals surface area contributed by atoms with Crippen LogP contribution in [0.1, 0.15) is 50.0 Å². The molecule has 2 atom stereocenters. The highest BCUT2D eigenvalue weighted by Crippen LogP contribution is 2.32. The van der Waals surface area contributed by atoms with Crippen LogP contribution in [0, 0.1) is 0 Å². The van der Waals surface area contributed by atoms with Crippen molar-refractivity contribution >= 4 is 0 Å². The molecule has 2 aromatic heterocycles. The number of hydrogen-bond donors (Lipinski definition) is 0. The van der Waals surface area contributed by atoms with E-state index in [0.29, 0.717) is 11.8 Å². The Kier molecular flexibility index (Phi) is 3.50. The molecule has 0 N–H and O–H groups in total. The van der Waals surface area contributed by atoms with Gasteiger partial charge in [0.2, 0.25) is 0 Å². The SMILES string of the molecule is CCC(CC(C)c1ccco1)c1ccco1. The molecule has 0 aromatic carbocycles. The predicted molar refractivity (Wildman–Crippen MR) is 63.5 cm³/mol. The van der Waals surface area contributed by atoms with E-state index in [9.17, 15) is 0 Å². The lowest BCUT2D eigenvalue weighted by Gasteiger charge is -2.16. The average molecular weight is 218 g/mol. The molecule has 0 fully saturated rings. The van der Waals surface area contributed by atoms with Gasteiger partial charge in [-0.2, -0.15) is 0 Å². The lowest BCUT2D eigenvalue weighted by atomic mass is 9.90. The first-order valence-corrected chi connectivity index (χ1v) is 5.88.